The highest BCUT2D eigenvalue weighted by atomic mass is 19.1. The van der Waals surface area contributed by atoms with Gasteiger partial charge in [-0.2, -0.15) is 5.10 Å². The summed E-state index contributed by atoms with van der Waals surface area (Å²) in [6, 6.07) is 10.6. The first-order valence-electron chi connectivity index (χ1n) is 8.39. The summed E-state index contributed by atoms with van der Waals surface area (Å²) in [5, 5.41) is 6.94. The minimum atomic E-state index is -0.362. The van der Waals surface area contributed by atoms with Crippen molar-refractivity contribution in [1.29, 1.82) is 0 Å². The highest BCUT2D eigenvalue weighted by Gasteiger charge is 2.20. The molecule has 0 saturated carbocycles. The number of halogens is 1. The van der Waals surface area contributed by atoms with E-state index in [2.05, 4.69) is 26.4 Å². The van der Waals surface area contributed by atoms with Gasteiger partial charge in [-0.15, -0.1) is 0 Å². The van der Waals surface area contributed by atoms with Gasteiger partial charge in [0.2, 0.25) is 5.91 Å². The first kappa shape index (κ1) is 16.3. The van der Waals surface area contributed by atoms with Gasteiger partial charge in [0.25, 0.3) is 0 Å². The zero-order chi connectivity index (χ0) is 18.1. The Kier molecular flexibility index (Phi) is 4.12. The molecule has 1 N–H and O–H groups in total. The first-order chi connectivity index (χ1) is 12.6. The molecule has 0 aliphatic carbocycles. The summed E-state index contributed by atoms with van der Waals surface area (Å²) >= 11 is 0. The number of nitrogens with zero attached hydrogens (tertiary/aromatic N) is 4. The average molecular weight is 351 g/mol. The van der Waals surface area contributed by atoms with Crippen molar-refractivity contribution in [3.63, 3.8) is 0 Å². The molecular formula is C19H18FN5O. The fourth-order valence-electron chi connectivity index (χ4n) is 3.24. The standard InChI is InChI=1S/C19H18FN5O/c1-13-8-14(2-4-17(13)25-12-21-11-22-25)10-24-7-6-19(26)23-16-9-15(20)3-5-18(16)24/h2-5,8-9,11-12H,6-7,10H2,1H3,(H,23,26). The lowest BCUT2D eigenvalue weighted by Crippen LogP contribution is -2.24. The van der Waals surface area contributed by atoms with Crippen LogP contribution in [0.4, 0.5) is 15.8 Å². The number of hydrogen-bond donors (Lipinski definition) is 1. The van der Waals surface area contributed by atoms with E-state index in [-0.39, 0.29) is 11.7 Å². The second-order valence-electron chi connectivity index (χ2n) is 6.34. The fourth-order valence-corrected chi connectivity index (χ4v) is 3.24. The summed E-state index contributed by atoms with van der Waals surface area (Å²) in [6.07, 6.45) is 3.54. The molecule has 1 aliphatic heterocycles. The number of aryl methyl sites for hydroxylation is 1. The van der Waals surface area contributed by atoms with Crippen molar-refractivity contribution in [3.8, 4) is 5.69 Å². The number of nitrogens with one attached hydrogen (secondary N) is 1. The van der Waals surface area contributed by atoms with E-state index in [1.165, 1.54) is 18.5 Å². The van der Waals surface area contributed by atoms with Crippen molar-refractivity contribution in [3.05, 3.63) is 66.0 Å². The molecule has 132 valence electrons. The third-order valence-corrected chi connectivity index (χ3v) is 4.48. The van der Waals surface area contributed by atoms with E-state index in [4.69, 9.17) is 0 Å². The molecular weight excluding hydrogens is 333 g/mol. The second-order valence-corrected chi connectivity index (χ2v) is 6.34. The minimum absolute atomic E-state index is 0.0999. The number of amides is 1. The topological polar surface area (TPSA) is 63.1 Å². The van der Waals surface area contributed by atoms with Crippen LogP contribution in [0.1, 0.15) is 17.5 Å². The summed E-state index contributed by atoms with van der Waals surface area (Å²) in [7, 11) is 0. The smallest absolute Gasteiger partial charge is 0.226 e. The van der Waals surface area contributed by atoms with E-state index in [1.54, 1.807) is 17.1 Å². The maximum absolute atomic E-state index is 13.6. The van der Waals surface area contributed by atoms with Crippen LogP contribution in [0.2, 0.25) is 0 Å². The van der Waals surface area contributed by atoms with Gasteiger partial charge < -0.3 is 10.2 Å². The van der Waals surface area contributed by atoms with E-state index in [9.17, 15) is 9.18 Å². The molecule has 7 heteroatoms. The van der Waals surface area contributed by atoms with Crippen LogP contribution in [-0.2, 0) is 11.3 Å². The molecule has 0 saturated heterocycles. The van der Waals surface area contributed by atoms with Crippen molar-refractivity contribution < 1.29 is 9.18 Å². The predicted octanol–water partition coefficient (Wildman–Crippen LogP) is 3.06. The molecule has 1 amide bonds. The van der Waals surface area contributed by atoms with Gasteiger partial charge in [-0.1, -0.05) is 12.1 Å². The molecule has 0 fully saturated rings. The number of hydrogen-bond acceptors (Lipinski definition) is 4. The third kappa shape index (κ3) is 3.15. The quantitative estimate of drug-likeness (QED) is 0.788. The summed E-state index contributed by atoms with van der Waals surface area (Å²) in [6.45, 7) is 3.23. The molecule has 0 spiro atoms. The molecule has 4 rings (SSSR count). The number of benzene rings is 2. The van der Waals surface area contributed by atoms with Crippen LogP contribution >= 0.6 is 0 Å². The van der Waals surface area contributed by atoms with Gasteiger partial charge in [0, 0.05) is 19.5 Å². The largest absolute Gasteiger partial charge is 0.365 e. The Balaban J connectivity index is 1.63. The number of fused-ring (bicyclic) bond motifs is 1. The fraction of sp³-hybridized carbons (Fsp3) is 0.211. The number of carbonyl (C=O) groups is 1. The zero-order valence-corrected chi connectivity index (χ0v) is 14.3. The molecule has 1 aliphatic rings. The molecule has 0 radical (unpaired) electrons. The predicted molar refractivity (Wildman–Crippen MR) is 96.8 cm³/mol. The number of aromatic nitrogens is 3. The van der Waals surface area contributed by atoms with Gasteiger partial charge in [0.05, 0.1) is 17.1 Å². The molecule has 2 heterocycles. The summed E-state index contributed by atoms with van der Waals surface area (Å²) in [5.74, 6) is -0.462. The lowest BCUT2D eigenvalue weighted by molar-refractivity contribution is -0.115. The van der Waals surface area contributed by atoms with E-state index in [0.29, 0.717) is 25.2 Å². The highest BCUT2D eigenvalue weighted by molar-refractivity contribution is 5.96. The Morgan fingerprint density at radius 2 is 2.04 bits per heavy atom. The lowest BCUT2D eigenvalue weighted by Gasteiger charge is -2.24. The third-order valence-electron chi connectivity index (χ3n) is 4.48. The van der Waals surface area contributed by atoms with E-state index < -0.39 is 0 Å². The number of rotatable bonds is 3. The maximum atomic E-state index is 13.6. The first-order valence-corrected chi connectivity index (χ1v) is 8.39. The van der Waals surface area contributed by atoms with Gasteiger partial charge in [-0.3, -0.25) is 4.79 Å². The van der Waals surface area contributed by atoms with E-state index in [0.717, 1.165) is 22.5 Å². The zero-order valence-electron chi connectivity index (χ0n) is 14.3. The van der Waals surface area contributed by atoms with E-state index >= 15 is 0 Å². The van der Waals surface area contributed by atoms with Crippen molar-refractivity contribution in [1.82, 2.24) is 14.8 Å². The van der Waals surface area contributed by atoms with Crippen LogP contribution in [0.25, 0.3) is 5.69 Å². The average Bonchev–Trinajstić information content (AvgIpc) is 3.08. The van der Waals surface area contributed by atoms with Crippen LogP contribution in [-0.4, -0.2) is 27.2 Å². The maximum Gasteiger partial charge on any atom is 0.226 e. The SMILES string of the molecule is Cc1cc(CN2CCC(=O)Nc3cc(F)ccc32)ccc1-n1cncn1. The summed E-state index contributed by atoms with van der Waals surface area (Å²) in [5.41, 5.74) is 4.51. The molecule has 3 aromatic rings. The van der Waals surface area contributed by atoms with Gasteiger partial charge in [-0.25, -0.2) is 14.1 Å². The van der Waals surface area contributed by atoms with Crippen LogP contribution < -0.4 is 10.2 Å². The van der Waals surface area contributed by atoms with Crippen LogP contribution in [0.15, 0.2) is 49.1 Å². The Bertz CT molecular complexity index is 955. The van der Waals surface area contributed by atoms with Crippen LogP contribution in [0.3, 0.4) is 0 Å². The molecule has 26 heavy (non-hydrogen) atoms. The lowest BCUT2D eigenvalue weighted by atomic mass is 10.1. The van der Waals surface area contributed by atoms with Crippen LogP contribution in [0.5, 0.6) is 0 Å². The van der Waals surface area contributed by atoms with Crippen LogP contribution in [0, 0.1) is 12.7 Å². The monoisotopic (exact) mass is 351 g/mol. The van der Waals surface area contributed by atoms with Crippen molar-refractivity contribution >= 4 is 17.3 Å². The second kappa shape index (κ2) is 6.59. The molecule has 0 bridgehead atoms. The Morgan fingerprint density at radius 3 is 2.81 bits per heavy atom. The molecule has 2 aromatic carbocycles. The number of anilines is 2. The Morgan fingerprint density at radius 1 is 1.19 bits per heavy atom. The van der Waals surface area contributed by atoms with Crippen molar-refractivity contribution in [2.45, 2.75) is 19.9 Å². The molecule has 6 nitrogen and oxygen atoms in total. The molecule has 1 aromatic heterocycles. The Hall–Kier alpha value is -3.22. The highest BCUT2D eigenvalue weighted by Crippen LogP contribution is 2.31. The van der Waals surface area contributed by atoms with Gasteiger partial charge in [-0.05, 0) is 42.3 Å². The molecule has 0 unspecified atom stereocenters. The van der Waals surface area contributed by atoms with Gasteiger partial charge in [0.1, 0.15) is 18.5 Å². The van der Waals surface area contributed by atoms with Crippen molar-refractivity contribution in [2.75, 3.05) is 16.8 Å². The minimum Gasteiger partial charge on any atom is -0.365 e. The van der Waals surface area contributed by atoms with Gasteiger partial charge >= 0.3 is 0 Å². The van der Waals surface area contributed by atoms with Crippen molar-refractivity contribution in [2.24, 2.45) is 0 Å². The van der Waals surface area contributed by atoms with E-state index in [1.807, 2.05) is 19.1 Å². The normalized spacial score (nSPS) is 13.9. The summed E-state index contributed by atoms with van der Waals surface area (Å²) < 4.78 is 15.3. The number of carbonyl (C=O) groups excluding carboxylic acids is 1. The Labute approximate surface area is 150 Å². The summed E-state index contributed by atoms with van der Waals surface area (Å²) in [4.78, 5) is 18.0. The van der Waals surface area contributed by atoms with Gasteiger partial charge in [0.15, 0.2) is 0 Å². The molecule has 0 atom stereocenters.